The molecule has 3 nitrogen and oxygen atoms in total. The van der Waals surface area contributed by atoms with Crippen LogP contribution in [0.25, 0.3) is 0 Å². The summed E-state index contributed by atoms with van der Waals surface area (Å²) in [5, 5.41) is 3.83. The van der Waals surface area contributed by atoms with E-state index in [1.165, 1.54) is 0 Å². The van der Waals surface area contributed by atoms with E-state index in [-0.39, 0.29) is 11.3 Å². The van der Waals surface area contributed by atoms with E-state index in [0.717, 1.165) is 11.1 Å². The fourth-order valence-corrected chi connectivity index (χ4v) is 2.40. The summed E-state index contributed by atoms with van der Waals surface area (Å²) in [6, 6.07) is 20.3. The quantitative estimate of drug-likeness (QED) is 0.663. The molecule has 1 aromatic heterocycles. The van der Waals surface area contributed by atoms with Crippen LogP contribution < -0.4 is 0 Å². The van der Waals surface area contributed by atoms with E-state index in [9.17, 15) is 0 Å². The number of hydrogen-bond acceptors (Lipinski definition) is 3. The van der Waals surface area contributed by atoms with Crippen molar-refractivity contribution in [1.82, 2.24) is 10.1 Å². The summed E-state index contributed by atoms with van der Waals surface area (Å²) >= 11 is 6.02. The van der Waals surface area contributed by atoms with Crippen molar-refractivity contribution in [1.29, 1.82) is 0 Å². The van der Waals surface area contributed by atoms with E-state index >= 15 is 0 Å². The zero-order chi connectivity index (χ0) is 14.7. The Kier molecular flexibility index (Phi) is 4.02. The highest BCUT2D eigenvalue weighted by molar-refractivity contribution is 6.20. The van der Waals surface area contributed by atoms with Crippen LogP contribution in [0.15, 0.2) is 65.2 Å². The fourth-order valence-electron chi connectivity index (χ4n) is 2.31. The van der Waals surface area contributed by atoms with Crippen LogP contribution in [-0.4, -0.2) is 10.1 Å². The van der Waals surface area contributed by atoms with Crippen LogP contribution in [0, 0.1) is 0 Å². The monoisotopic (exact) mass is 298 g/mol. The number of nitrogens with zero attached hydrogens (tertiary/aromatic N) is 2. The number of aromatic nitrogens is 2. The molecule has 0 aliphatic carbocycles. The van der Waals surface area contributed by atoms with Crippen LogP contribution in [0.1, 0.15) is 41.1 Å². The van der Waals surface area contributed by atoms with Crippen molar-refractivity contribution in [2.24, 2.45) is 0 Å². The van der Waals surface area contributed by atoms with Gasteiger partial charge in [-0.25, -0.2) is 0 Å². The summed E-state index contributed by atoms with van der Waals surface area (Å²) in [6.45, 7) is 1.82. The van der Waals surface area contributed by atoms with Crippen molar-refractivity contribution < 1.29 is 4.52 Å². The van der Waals surface area contributed by atoms with Gasteiger partial charge in [0.1, 0.15) is 5.38 Å². The average molecular weight is 299 g/mol. The van der Waals surface area contributed by atoms with E-state index in [4.69, 9.17) is 16.1 Å². The van der Waals surface area contributed by atoms with Gasteiger partial charge in [0.2, 0.25) is 5.89 Å². The maximum Gasteiger partial charge on any atom is 0.244 e. The number of benzene rings is 2. The zero-order valence-corrected chi connectivity index (χ0v) is 12.4. The van der Waals surface area contributed by atoms with Gasteiger partial charge in [-0.05, 0) is 18.1 Å². The predicted octanol–water partition coefficient (Wildman–Crippen LogP) is 4.55. The van der Waals surface area contributed by atoms with Gasteiger partial charge in [0, 0.05) is 0 Å². The maximum atomic E-state index is 6.02. The molecule has 106 valence electrons. The van der Waals surface area contributed by atoms with Crippen molar-refractivity contribution in [2.75, 3.05) is 0 Å². The highest BCUT2D eigenvalue weighted by Crippen LogP contribution is 2.31. The minimum absolute atomic E-state index is 0.0553. The Morgan fingerprint density at radius 3 is 1.86 bits per heavy atom. The molecule has 0 saturated carbocycles. The molecule has 21 heavy (non-hydrogen) atoms. The van der Waals surface area contributed by atoms with Crippen LogP contribution in [0.2, 0.25) is 0 Å². The Labute approximate surface area is 128 Å². The largest absolute Gasteiger partial charge is 0.338 e. The van der Waals surface area contributed by atoms with Crippen LogP contribution in [-0.2, 0) is 0 Å². The second-order valence-electron chi connectivity index (χ2n) is 4.86. The SMILES string of the molecule is CC(Cl)c1nc(C(c2ccccc2)c2ccccc2)no1. The summed E-state index contributed by atoms with van der Waals surface area (Å²) < 4.78 is 5.26. The van der Waals surface area contributed by atoms with E-state index in [1.807, 2.05) is 43.3 Å². The molecule has 1 heterocycles. The number of rotatable bonds is 4. The van der Waals surface area contributed by atoms with Gasteiger partial charge in [-0.2, -0.15) is 4.98 Å². The normalized spacial score (nSPS) is 12.5. The fraction of sp³-hybridized carbons (Fsp3) is 0.176. The second-order valence-corrected chi connectivity index (χ2v) is 5.52. The van der Waals surface area contributed by atoms with Crippen molar-refractivity contribution in [2.45, 2.75) is 18.2 Å². The van der Waals surface area contributed by atoms with Crippen molar-refractivity contribution in [3.63, 3.8) is 0 Å². The number of halogens is 1. The maximum absolute atomic E-state index is 6.02. The molecule has 4 heteroatoms. The summed E-state index contributed by atoms with van der Waals surface area (Å²) in [6.07, 6.45) is 0. The standard InChI is InChI=1S/C17H15ClN2O/c1-12(18)17-19-16(20-21-17)15(13-8-4-2-5-9-13)14-10-6-3-7-11-14/h2-12,15H,1H3. The van der Waals surface area contributed by atoms with Crippen molar-refractivity contribution >= 4 is 11.6 Å². The molecule has 1 unspecified atom stereocenters. The van der Waals surface area contributed by atoms with Crippen LogP contribution >= 0.6 is 11.6 Å². The predicted molar refractivity (Wildman–Crippen MR) is 82.4 cm³/mol. The lowest BCUT2D eigenvalue weighted by atomic mass is 9.91. The minimum atomic E-state index is -0.293. The summed E-state index contributed by atoms with van der Waals surface area (Å²) in [7, 11) is 0. The zero-order valence-electron chi connectivity index (χ0n) is 11.6. The number of alkyl halides is 1. The highest BCUT2D eigenvalue weighted by atomic mass is 35.5. The second kappa shape index (κ2) is 6.10. The molecule has 0 saturated heterocycles. The van der Waals surface area contributed by atoms with E-state index in [0.29, 0.717) is 11.7 Å². The summed E-state index contributed by atoms with van der Waals surface area (Å²) in [5.74, 6) is 1.03. The number of hydrogen-bond donors (Lipinski definition) is 0. The molecule has 3 aromatic rings. The van der Waals surface area contributed by atoms with E-state index in [1.54, 1.807) is 0 Å². The third-order valence-electron chi connectivity index (χ3n) is 3.32. The van der Waals surface area contributed by atoms with Gasteiger partial charge in [0.05, 0.1) is 5.92 Å². The van der Waals surface area contributed by atoms with Crippen molar-refractivity contribution in [3.8, 4) is 0 Å². The highest BCUT2D eigenvalue weighted by Gasteiger charge is 2.23. The van der Waals surface area contributed by atoms with Gasteiger partial charge in [-0.3, -0.25) is 0 Å². The average Bonchev–Trinajstić information content (AvgIpc) is 3.00. The van der Waals surface area contributed by atoms with E-state index < -0.39 is 0 Å². The third kappa shape index (κ3) is 2.98. The van der Waals surface area contributed by atoms with Crippen molar-refractivity contribution in [3.05, 3.63) is 83.5 Å². The molecule has 0 amide bonds. The molecule has 0 aliphatic heterocycles. The van der Waals surface area contributed by atoms with Gasteiger partial charge in [-0.1, -0.05) is 65.8 Å². The molecular weight excluding hydrogens is 284 g/mol. The van der Waals surface area contributed by atoms with Crippen LogP contribution in [0.3, 0.4) is 0 Å². The molecule has 2 aromatic carbocycles. The Hall–Kier alpha value is -2.13. The molecule has 0 radical (unpaired) electrons. The lowest BCUT2D eigenvalue weighted by Gasteiger charge is -2.14. The summed E-state index contributed by atoms with van der Waals surface area (Å²) in [4.78, 5) is 4.45. The Morgan fingerprint density at radius 1 is 0.905 bits per heavy atom. The van der Waals surface area contributed by atoms with Crippen LogP contribution in [0.4, 0.5) is 0 Å². The first-order valence-corrected chi connectivity index (χ1v) is 7.27. The molecule has 0 fully saturated rings. The lowest BCUT2D eigenvalue weighted by Crippen LogP contribution is -2.05. The molecule has 0 aliphatic rings. The molecule has 0 spiro atoms. The Morgan fingerprint density at radius 2 is 1.43 bits per heavy atom. The Balaban J connectivity index is 2.08. The first-order chi connectivity index (χ1) is 10.3. The molecular formula is C17H15ClN2O. The molecule has 1 atom stereocenters. The van der Waals surface area contributed by atoms with E-state index in [2.05, 4.69) is 34.4 Å². The minimum Gasteiger partial charge on any atom is -0.338 e. The first kappa shape index (κ1) is 13.8. The first-order valence-electron chi connectivity index (χ1n) is 6.83. The van der Waals surface area contributed by atoms with Gasteiger partial charge in [0.25, 0.3) is 0 Å². The Bertz CT molecular complexity index is 656. The molecule has 0 bridgehead atoms. The molecule has 3 rings (SSSR count). The third-order valence-corrected chi connectivity index (χ3v) is 3.51. The van der Waals surface area contributed by atoms with Gasteiger partial charge >= 0.3 is 0 Å². The smallest absolute Gasteiger partial charge is 0.244 e. The topological polar surface area (TPSA) is 38.9 Å². The van der Waals surface area contributed by atoms with Crippen LogP contribution in [0.5, 0.6) is 0 Å². The summed E-state index contributed by atoms with van der Waals surface area (Å²) in [5.41, 5.74) is 2.25. The van der Waals surface area contributed by atoms with Gasteiger partial charge in [0.15, 0.2) is 5.82 Å². The van der Waals surface area contributed by atoms with Gasteiger partial charge < -0.3 is 4.52 Å². The van der Waals surface area contributed by atoms with Gasteiger partial charge in [-0.15, -0.1) is 11.6 Å². The molecule has 0 N–H and O–H groups in total. The lowest BCUT2D eigenvalue weighted by molar-refractivity contribution is 0.373.